The minimum absolute atomic E-state index is 0.0448. The zero-order chi connectivity index (χ0) is 10.6. The second-order valence-electron chi connectivity index (χ2n) is 2.86. The van der Waals surface area contributed by atoms with Crippen LogP contribution in [0.5, 0.6) is 0 Å². The quantitative estimate of drug-likeness (QED) is 0.621. The standard InChI is InChI=1S/C9H11NO4/c11-9(12)8(10(13)14)6-7-4-2-1-3-5-7/h1-5,8,13-14H,6H2,(H,11,12). The third-order valence-corrected chi connectivity index (χ3v) is 1.84. The molecule has 0 spiro atoms. The Hall–Kier alpha value is -1.43. The van der Waals surface area contributed by atoms with Crippen LogP contribution in [0.2, 0.25) is 0 Å². The van der Waals surface area contributed by atoms with Crippen molar-refractivity contribution in [1.82, 2.24) is 5.23 Å². The fraction of sp³-hybridized carbons (Fsp3) is 0.222. The van der Waals surface area contributed by atoms with Crippen LogP contribution in [0, 0.1) is 0 Å². The summed E-state index contributed by atoms with van der Waals surface area (Å²) in [5.41, 5.74) is 0.730. The first-order chi connectivity index (χ1) is 6.61. The minimum atomic E-state index is -1.34. The van der Waals surface area contributed by atoms with Crippen LogP contribution in [0.25, 0.3) is 0 Å². The van der Waals surface area contributed by atoms with Crippen molar-refractivity contribution in [1.29, 1.82) is 0 Å². The van der Waals surface area contributed by atoms with E-state index in [-0.39, 0.29) is 11.6 Å². The third-order valence-electron chi connectivity index (χ3n) is 1.84. The van der Waals surface area contributed by atoms with Crippen molar-refractivity contribution in [3.63, 3.8) is 0 Å². The Labute approximate surface area is 80.7 Å². The highest BCUT2D eigenvalue weighted by Crippen LogP contribution is 2.06. The summed E-state index contributed by atoms with van der Waals surface area (Å²) in [6, 6.07) is 7.42. The largest absolute Gasteiger partial charge is 0.480 e. The van der Waals surface area contributed by atoms with E-state index in [1.165, 1.54) is 0 Å². The molecule has 0 saturated heterocycles. The molecular formula is C9H11NO4. The van der Waals surface area contributed by atoms with Crippen molar-refractivity contribution >= 4 is 5.97 Å². The van der Waals surface area contributed by atoms with Gasteiger partial charge in [-0.25, -0.2) is 0 Å². The first kappa shape index (κ1) is 10.6. The van der Waals surface area contributed by atoms with Gasteiger partial charge in [0.25, 0.3) is 0 Å². The molecule has 0 fully saturated rings. The van der Waals surface area contributed by atoms with E-state index < -0.39 is 12.0 Å². The molecule has 5 heteroatoms. The van der Waals surface area contributed by atoms with E-state index >= 15 is 0 Å². The van der Waals surface area contributed by atoms with Gasteiger partial charge in [-0.05, 0) is 5.56 Å². The number of hydroxylamine groups is 2. The van der Waals surface area contributed by atoms with Gasteiger partial charge in [-0.3, -0.25) is 15.2 Å². The topological polar surface area (TPSA) is 81.0 Å². The average molecular weight is 197 g/mol. The lowest BCUT2D eigenvalue weighted by atomic mass is 10.1. The van der Waals surface area contributed by atoms with Crippen molar-refractivity contribution in [3.05, 3.63) is 35.9 Å². The van der Waals surface area contributed by atoms with Gasteiger partial charge in [0.1, 0.15) is 0 Å². The summed E-state index contributed by atoms with van der Waals surface area (Å²) in [7, 11) is 0. The van der Waals surface area contributed by atoms with Crippen molar-refractivity contribution < 1.29 is 20.3 Å². The van der Waals surface area contributed by atoms with Crippen LogP contribution < -0.4 is 0 Å². The third kappa shape index (κ3) is 2.81. The lowest BCUT2D eigenvalue weighted by Crippen LogP contribution is -2.38. The monoisotopic (exact) mass is 197 g/mol. The van der Waals surface area contributed by atoms with Crippen LogP contribution in [0.15, 0.2) is 30.3 Å². The zero-order valence-electron chi connectivity index (χ0n) is 7.37. The summed E-state index contributed by atoms with van der Waals surface area (Å²) in [6.45, 7) is 0. The number of nitrogens with zero attached hydrogens (tertiary/aromatic N) is 1. The van der Waals surface area contributed by atoms with E-state index in [4.69, 9.17) is 15.5 Å². The molecule has 0 amide bonds. The van der Waals surface area contributed by atoms with Crippen LogP contribution in [0.1, 0.15) is 5.56 Å². The molecule has 0 aliphatic rings. The minimum Gasteiger partial charge on any atom is -0.480 e. The fourth-order valence-electron chi connectivity index (χ4n) is 1.11. The normalized spacial score (nSPS) is 12.8. The number of hydrogen-bond acceptors (Lipinski definition) is 4. The zero-order valence-corrected chi connectivity index (χ0v) is 7.37. The van der Waals surface area contributed by atoms with Crippen LogP contribution in [0.4, 0.5) is 0 Å². The smallest absolute Gasteiger partial charge is 0.326 e. The molecule has 5 nitrogen and oxygen atoms in total. The Bertz CT molecular complexity index is 299. The highest BCUT2D eigenvalue weighted by molar-refractivity contribution is 5.73. The molecule has 1 aromatic carbocycles. The van der Waals surface area contributed by atoms with E-state index in [9.17, 15) is 4.79 Å². The predicted octanol–water partition coefficient (Wildman–Crippen LogP) is 0.763. The maximum absolute atomic E-state index is 10.6. The highest BCUT2D eigenvalue weighted by atomic mass is 16.8. The summed E-state index contributed by atoms with van der Waals surface area (Å²) in [4.78, 5) is 10.6. The Morgan fingerprint density at radius 3 is 2.29 bits per heavy atom. The van der Waals surface area contributed by atoms with Crippen LogP contribution in [0.3, 0.4) is 0 Å². The molecule has 1 atom stereocenters. The first-order valence-corrected chi connectivity index (χ1v) is 4.05. The fourth-order valence-corrected chi connectivity index (χ4v) is 1.11. The first-order valence-electron chi connectivity index (χ1n) is 4.05. The van der Waals surface area contributed by atoms with Gasteiger partial charge in [-0.1, -0.05) is 35.6 Å². The Balaban J connectivity index is 2.70. The number of carboxylic acids is 1. The maximum atomic E-state index is 10.6. The van der Waals surface area contributed by atoms with Gasteiger partial charge in [0.05, 0.1) is 0 Å². The lowest BCUT2D eigenvalue weighted by Gasteiger charge is -2.15. The van der Waals surface area contributed by atoms with Gasteiger partial charge >= 0.3 is 5.97 Å². The molecule has 3 N–H and O–H groups in total. The van der Waals surface area contributed by atoms with E-state index in [0.29, 0.717) is 0 Å². The van der Waals surface area contributed by atoms with E-state index in [1.807, 2.05) is 0 Å². The summed E-state index contributed by atoms with van der Waals surface area (Å²) >= 11 is 0. The maximum Gasteiger partial charge on any atom is 0.326 e. The van der Waals surface area contributed by atoms with E-state index in [2.05, 4.69) is 0 Å². The summed E-state index contributed by atoms with van der Waals surface area (Å²) in [6.07, 6.45) is 0.0448. The number of aliphatic carboxylic acids is 1. The van der Waals surface area contributed by atoms with Crippen LogP contribution in [-0.2, 0) is 11.2 Å². The van der Waals surface area contributed by atoms with Gasteiger partial charge in [0, 0.05) is 6.42 Å². The predicted molar refractivity (Wildman–Crippen MR) is 47.0 cm³/mol. The number of carboxylic acid groups (broad SMARTS) is 1. The van der Waals surface area contributed by atoms with Crippen molar-refractivity contribution in [3.8, 4) is 0 Å². The number of rotatable bonds is 4. The summed E-state index contributed by atoms with van der Waals surface area (Å²) < 4.78 is 0. The van der Waals surface area contributed by atoms with Crippen LogP contribution in [-0.4, -0.2) is 32.8 Å². The number of benzene rings is 1. The second kappa shape index (κ2) is 4.71. The molecule has 0 bridgehead atoms. The second-order valence-corrected chi connectivity index (χ2v) is 2.86. The molecule has 0 radical (unpaired) electrons. The molecule has 0 aliphatic heterocycles. The van der Waals surface area contributed by atoms with E-state index in [1.54, 1.807) is 30.3 Å². The van der Waals surface area contributed by atoms with Gasteiger partial charge in [0.2, 0.25) is 0 Å². The molecular weight excluding hydrogens is 186 g/mol. The Morgan fingerprint density at radius 2 is 1.86 bits per heavy atom. The molecule has 1 aromatic rings. The average Bonchev–Trinajstić information content (AvgIpc) is 2.15. The van der Waals surface area contributed by atoms with Gasteiger partial charge in [-0.2, -0.15) is 0 Å². The van der Waals surface area contributed by atoms with Gasteiger partial charge in [-0.15, -0.1) is 0 Å². The van der Waals surface area contributed by atoms with Crippen molar-refractivity contribution in [2.75, 3.05) is 0 Å². The SMILES string of the molecule is O=C(O)C(Cc1ccccc1)N(O)O. The Kier molecular flexibility index (Phi) is 3.58. The molecule has 0 aromatic heterocycles. The number of hydrogen-bond donors (Lipinski definition) is 3. The van der Waals surface area contributed by atoms with Crippen LogP contribution >= 0.6 is 0 Å². The molecule has 76 valence electrons. The summed E-state index contributed by atoms with van der Waals surface area (Å²) in [5.74, 6) is -1.28. The molecule has 14 heavy (non-hydrogen) atoms. The van der Waals surface area contributed by atoms with E-state index in [0.717, 1.165) is 5.56 Å². The summed E-state index contributed by atoms with van der Waals surface area (Å²) in [5, 5.41) is 25.7. The molecule has 0 heterocycles. The molecule has 0 saturated carbocycles. The molecule has 0 aliphatic carbocycles. The van der Waals surface area contributed by atoms with Gasteiger partial charge < -0.3 is 5.11 Å². The van der Waals surface area contributed by atoms with Crippen molar-refractivity contribution in [2.24, 2.45) is 0 Å². The van der Waals surface area contributed by atoms with Crippen molar-refractivity contribution in [2.45, 2.75) is 12.5 Å². The molecule has 1 unspecified atom stereocenters. The lowest BCUT2D eigenvalue weighted by molar-refractivity contribution is -0.327. The van der Waals surface area contributed by atoms with Gasteiger partial charge in [0.15, 0.2) is 6.04 Å². The Morgan fingerprint density at radius 1 is 1.29 bits per heavy atom. The number of carbonyl (C=O) groups is 1. The highest BCUT2D eigenvalue weighted by Gasteiger charge is 2.23. The molecule has 1 rings (SSSR count).